The Morgan fingerprint density at radius 2 is 2.04 bits per heavy atom. The van der Waals surface area contributed by atoms with Crippen LogP contribution >= 0.6 is 11.3 Å². The van der Waals surface area contributed by atoms with Gasteiger partial charge >= 0.3 is 0 Å². The topological polar surface area (TPSA) is 72.3 Å². The van der Waals surface area contributed by atoms with Gasteiger partial charge in [-0.3, -0.25) is 9.48 Å². The lowest BCUT2D eigenvalue weighted by Crippen LogP contribution is -2.45. The summed E-state index contributed by atoms with van der Waals surface area (Å²) in [5.74, 6) is 0.763. The number of rotatable bonds is 4. The maximum atomic E-state index is 12.5. The summed E-state index contributed by atoms with van der Waals surface area (Å²) in [6, 6.07) is 6.04. The van der Waals surface area contributed by atoms with E-state index in [9.17, 15) is 4.79 Å². The number of carbonyl (C=O) groups is 1. The van der Waals surface area contributed by atoms with Crippen molar-refractivity contribution in [1.82, 2.24) is 20.1 Å². The number of aromatic nitrogens is 3. The summed E-state index contributed by atoms with van der Waals surface area (Å²) < 4.78 is 8.28. The molecule has 7 nitrogen and oxygen atoms in total. The second-order valence-electron chi connectivity index (χ2n) is 7.29. The van der Waals surface area contributed by atoms with Crippen LogP contribution in [0.1, 0.15) is 34.6 Å². The largest absolute Gasteiger partial charge is 0.494 e. The standard InChI is InChI=1S/C20H25N5O2S/c1-12-5-6-16(27-4)17-18(12)28-20(22-17)25-9-7-14(8-10-25)21-19(26)15-11-13(2)23-24(15)3/h5-6,11,14H,7-10H2,1-4H3,(H,21,26). The number of nitrogens with one attached hydrogen (secondary N) is 1. The van der Waals surface area contributed by atoms with Crippen molar-refractivity contribution in [2.75, 3.05) is 25.1 Å². The molecule has 2 aromatic heterocycles. The van der Waals surface area contributed by atoms with Crippen molar-refractivity contribution >= 4 is 32.6 Å². The monoisotopic (exact) mass is 399 g/mol. The van der Waals surface area contributed by atoms with E-state index >= 15 is 0 Å². The Bertz CT molecular complexity index is 1020. The molecule has 0 radical (unpaired) electrons. The summed E-state index contributed by atoms with van der Waals surface area (Å²) in [6.45, 7) is 5.74. The van der Waals surface area contributed by atoms with E-state index in [1.807, 2.05) is 19.1 Å². The highest BCUT2D eigenvalue weighted by Gasteiger charge is 2.25. The third-order valence-electron chi connectivity index (χ3n) is 5.25. The van der Waals surface area contributed by atoms with Gasteiger partial charge in [-0.25, -0.2) is 4.98 Å². The van der Waals surface area contributed by atoms with Gasteiger partial charge in [-0.05, 0) is 44.4 Å². The average Bonchev–Trinajstić information content (AvgIpc) is 3.27. The predicted molar refractivity (Wildman–Crippen MR) is 112 cm³/mol. The Balaban J connectivity index is 1.43. The average molecular weight is 400 g/mol. The minimum atomic E-state index is -0.0538. The molecule has 0 bridgehead atoms. The summed E-state index contributed by atoms with van der Waals surface area (Å²) in [7, 11) is 3.48. The molecule has 3 heterocycles. The normalized spacial score (nSPS) is 15.2. The van der Waals surface area contributed by atoms with Crippen molar-refractivity contribution in [1.29, 1.82) is 0 Å². The number of hydrogen-bond acceptors (Lipinski definition) is 6. The minimum Gasteiger partial charge on any atom is -0.494 e. The fourth-order valence-corrected chi connectivity index (χ4v) is 4.80. The number of benzene rings is 1. The van der Waals surface area contributed by atoms with Crippen LogP contribution in [-0.4, -0.2) is 46.9 Å². The Labute approximate surface area is 168 Å². The van der Waals surface area contributed by atoms with Gasteiger partial charge in [0.1, 0.15) is 17.0 Å². The van der Waals surface area contributed by atoms with Gasteiger partial charge in [0.2, 0.25) is 0 Å². The fourth-order valence-electron chi connectivity index (χ4n) is 3.70. The van der Waals surface area contributed by atoms with Crippen LogP contribution in [0, 0.1) is 13.8 Å². The van der Waals surface area contributed by atoms with Gasteiger partial charge in [0.05, 0.1) is 17.5 Å². The lowest BCUT2D eigenvalue weighted by molar-refractivity contribution is 0.0921. The molecular weight excluding hydrogens is 374 g/mol. The molecule has 1 aromatic carbocycles. The molecule has 0 unspecified atom stereocenters. The second kappa shape index (κ2) is 7.43. The van der Waals surface area contributed by atoms with Crippen molar-refractivity contribution in [2.45, 2.75) is 32.7 Å². The van der Waals surface area contributed by atoms with E-state index in [4.69, 9.17) is 9.72 Å². The zero-order valence-corrected chi connectivity index (χ0v) is 17.5. The van der Waals surface area contributed by atoms with Crippen molar-refractivity contribution in [3.8, 4) is 5.75 Å². The third kappa shape index (κ3) is 3.44. The minimum absolute atomic E-state index is 0.0538. The quantitative estimate of drug-likeness (QED) is 0.730. The molecule has 1 amide bonds. The van der Waals surface area contributed by atoms with Crippen LogP contribution < -0.4 is 15.0 Å². The molecule has 148 valence electrons. The van der Waals surface area contributed by atoms with Crippen molar-refractivity contribution in [3.63, 3.8) is 0 Å². The van der Waals surface area contributed by atoms with Gasteiger partial charge < -0.3 is 15.0 Å². The van der Waals surface area contributed by atoms with E-state index in [1.165, 1.54) is 10.3 Å². The number of thiazole rings is 1. The number of hydrogen-bond donors (Lipinski definition) is 1. The first-order valence-electron chi connectivity index (χ1n) is 9.47. The zero-order chi connectivity index (χ0) is 19.8. The van der Waals surface area contributed by atoms with E-state index in [2.05, 4.69) is 28.3 Å². The van der Waals surface area contributed by atoms with Gasteiger partial charge in [0, 0.05) is 26.2 Å². The summed E-state index contributed by atoms with van der Waals surface area (Å²) in [5.41, 5.74) is 3.61. The molecular formula is C20H25N5O2S. The van der Waals surface area contributed by atoms with E-state index < -0.39 is 0 Å². The van der Waals surface area contributed by atoms with E-state index in [1.54, 1.807) is 30.2 Å². The molecule has 8 heteroatoms. The second-order valence-corrected chi connectivity index (χ2v) is 8.27. The molecule has 0 saturated carbocycles. The van der Waals surface area contributed by atoms with Crippen molar-refractivity contribution in [2.24, 2.45) is 7.05 Å². The summed E-state index contributed by atoms with van der Waals surface area (Å²) in [4.78, 5) is 19.7. The third-order valence-corrected chi connectivity index (χ3v) is 6.50. The Kier molecular flexibility index (Phi) is 4.97. The SMILES string of the molecule is COc1ccc(C)c2sc(N3CCC(NC(=O)c4cc(C)nn4C)CC3)nc12. The first kappa shape index (κ1) is 18.7. The molecule has 4 rings (SSSR count). The molecule has 1 aliphatic heterocycles. The van der Waals surface area contributed by atoms with Gasteiger partial charge in [0.25, 0.3) is 5.91 Å². The van der Waals surface area contributed by atoms with Crippen LogP contribution in [0.25, 0.3) is 10.2 Å². The highest BCUT2D eigenvalue weighted by molar-refractivity contribution is 7.22. The highest BCUT2D eigenvalue weighted by atomic mass is 32.1. The molecule has 0 spiro atoms. The van der Waals surface area contributed by atoms with E-state index in [0.717, 1.165) is 48.0 Å². The molecule has 1 aliphatic rings. The Hall–Kier alpha value is -2.61. The van der Waals surface area contributed by atoms with Gasteiger partial charge in [0.15, 0.2) is 5.13 Å². The predicted octanol–water partition coefficient (Wildman–Crippen LogP) is 3.05. The van der Waals surface area contributed by atoms with Crippen LogP contribution in [-0.2, 0) is 7.05 Å². The van der Waals surface area contributed by atoms with E-state index in [-0.39, 0.29) is 11.9 Å². The molecule has 3 aromatic rings. The van der Waals surface area contributed by atoms with Crippen LogP contribution in [0.3, 0.4) is 0 Å². The Morgan fingerprint density at radius 1 is 1.29 bits per heavy atom. The number of amides is 1. The lowest BCUT2D eigenvalue weighted by Gasteiger charge is -2.32. The maximum absolute atomic E-state index is 12.5. The molecule has 1 saturated heterocycles. The van der Waals surface area contributed by atoms with Crippen LogP contribution in [0.5, 0.6) is 5.75 Å². The number of carbonyl (C=O) groups excluding carboxylic acids is 1. The number of piperidine rings is 1. The van der Waals surface area contributed by atoms with Crippen LogP contribution in [0.2, 0.25) is 0 Å². The summed E-state index contributed by atoms with van der Waals surface area (Å²) >= 11 is 1.71. The van der Waals surface area contributed by atoms with Crippen molar-refractivity contribution < 1.29 is 9.53 Å². The first-order chi connectivity index (χ1) is 13.5. The zero-order valence-electron chi connectivity index (χ0n) is 16.7. The van der Waals surface area contributed by atoms with Crippen molar-refractivity contribution in [3.05, 3.63) is 35.2 Å². The number of anilines is 1. The number of methoxy groups -OCH3 is 1. The number of nitrogens with zero attached hydrogens (tertiary/aromatic N) is 4. The Morgan fingerprint density at radius 3 is 2.68 bits per heavy atom. The molecule has 0 aliphatic carbocycles. The van der Waals surface area contributed by atoms with Crippen LogP contribution in [0.4, 0.5) is 5.13 Å². The molecule has 1 N–H and O–H groups in total. The van der Waals surface area contributed by atoms with E-state index in [0.29, 0.717) is 5.69 Å². The molecule has 1 fully saturated rings. The molecule has 0 atom stereocenters. The summed E-state index contributed by atoms with van der Waals surface area (Å²) in [6.07, 6.45) is 1.79. The van der Waals surface area contributed by atoms with Gasteiger partial charge in [-0.15, -0.1) is 0 Å². The van der Waals surface area contributed by atoms with Gasteiger partial charge in [-0.1, -0.05) is 17.4 Å². The van der Waals surface area contributed by atoms with Crippen LogP contribution in [0.15, 0.2) is 18.2 Å². The fraction of sp³-hybridized carbons (Fsp3) is 0.450. The number of aryl methyl sites for hydroxylation is 3. The number of ether oxygens (including phenoxy) is 1. The smallest absolute Gasteiger partial charge is 0.269 e. The first-order valence-corrected chi connectivity index (χ1v) is 10.3. The lowest BCUT2D eigenvalue weighted by atomic mass is 10.1. The molecule has 28 heavy (non-hydrogen) atoms. The maximum Gasteiger partial charge on any atom is 0.269 e. The van der Waals surface area contributed by atoms with Gasteiger partial charge in [-0.2, -0.15) is 5.10 Å². The summed E-state index contributed by atoms with van der Waals surface area (Å²) in [5, 5.41) is 8.42. The highest BCUT2D eigenvalue weighted by Crippen LogP contribution is 2.37. The number of fused-ring (bicyclic) bond motifs is 1.